The third-order valence-corrected chi connectivity index (χ3v) is 2.35. The van der Waals surface area contributed by atoms with Crippen molar-refractivity contribution < 1.29 is 19.4 Å². The Morgan fingerprint density at radius 3 is 2.44 bits per heavy atom. The number of hydrogen-bond acceptors (Lipinski definition) is 5. The van der Waals surface area contributed by atoms with E-state index in [0.29, 0.717) is 17.1 Å². The minimum atomic E-state index is -0.667. The van der Waals surface area contributed by atoms with E-state index in [0.717, 1.165) is 0 Å². The molecule has 0 aliphatic rings. The Bertz CT molecular complexity index is 409. The third-order valence-electron chi connectivity index (χ3n) is 2.35. The smallest absolute Gasteiger partial charge is 0.308 e. The van der Waals surface area contributed by atoms with Crippen molar-refractivity contribution in [2.24, 2.45) is 5.73 Å². The first kappa shape index (κ1) is 16.7. The number of carbonyl (C=O) groups excluding carboxylic acids is 1. The number of rotatable bonds is 4. The Balaban J connectivity index is 0.00000289. The van der Waals surface area contributed by atoms with Gasteiger partial charge in [-0.15, -0.1) is 12.4 Å². The van der Waals surface area contributed by atoms with Crippen LogP contribution in [0.1, 0.15) is 25.5 Å². The highest BCUT2D eigenvalue weighted by Gasteiger charge is 2.15. The first-order valence-electron chi connectivity index (χ1n) is 5.25. The summed E-state index contributed by atoms with van der Waals surface area (Å²) in [5.74, 6) is 0.325. The number of methoxy groups -OCH3 is 1. The first-order chi connectivity index (χ1) is 7.95. The van der Waals surface area contributed by atoms with Crippen molar-refractivity contribution in [2.75, 3.05) is 7.11 Å². The number of carbonyl (C=O) groups is 1. The molecule has 0 amide bonds. The predicted molar refractivity (Wildman–Crippen MR) is 70.2 cm³/mol. The summed E-state index contributed by atoms with van der Waals surface area (Å²) in [7, 11) is 1.47. The molecular weight excluding hydrogens is 258 g/mol. The van der Waals surface area contributed by atoms with E-state index in [1.165, 1.54) is 14.0 Å². The molecule has 0 bridgehead atoms. The van der Waals surface area contributed by atoms with Crippen LogP contribution < -0.4 is 15.2 Å². The van der Waals surface area contributed by atoms with Crippen molar-refractivity contribution in [1.29, 1.82) is 0 Å². The fourth-order valence-electron chi connectivity index (χ4n) is 1.41. The van der Waals surface area contributed by atoms with E-state index >= 15 is 0 Å². The van der Waals surface area contributed by atoms with Gasteiger partial charge < -0.3 is 20.3 Å². The van der Waals surface area contributed by atoms with Crippen molar-refractivity contribution in [3.63, 3.8) is 0 Å². The fraction of sp³-hybridized carbons (Fsp3) is 0.417. The van der Waals surface area contributed by atoms with Crippen LogP contribution in [0.2, 0.25) is 0 Å². The van der Waals surface area contributed by atoms with Crippen molar-refractivity contribution in [3.05, 3.63) is 23.8 Å². The number of aliphatic hydroxyl groups is 1. The number of halogens is 1. The molecule has 2 atom stereocenters. The van der Waals surface area contributed by atoms with Crippen molar-refractivity contribution in [2.45, 2.75) is 26.0 Å². The second-order valence-electron chi connectivity index (χ2n) is 3.77. The molecule has 0 aromatic heterocycles. The quantitative estimate of drug-likeness (QED) is 0.642. The SMILES string of the molecule is COc1cc([C@@H](N)[C@H](C)O)ccc1OC(C)=O.Cl. The average molecular weight is 276 g/mol. The van der Waals surface area contributed by atoms with Gasteiger partial charge in [0.25, 0.3) is 0 Å². The van der Waals surface area contributed by atoms with E-state index in [9.17, 15) is 9.90 Å². The lowest BCUT2D eigenvalue weighted by Gasteiger charge is -2.17. The lowest BCUT2D eigenvalue weighted by Crippen LogP contribution is -2.23. The van der Waals surface area contributed by atoms with Crippen molar-refractivity contribution >= 4 is 18.4 Å². The number of benzene rings is 1. The van der Waals surface area contributed by atoms with Crippen molar-refractivity contribution in [1.82, 2.24) is 0 Å². The molecule has 0 spiro atoms. The minimum Gasteiger partial charge on any atom is -0.493 e. The van der Waals surface area contributed by atoms with Gasteiger partial charge >= 0.3 is 5.97 Å². The molecule has 0 saturated carbocycles. The zero-order valence-corrected chi connectivity index (χ0v) is 11.4. The highest BCUT2D eigenvalue weighted by Crippen LogP contribution is 2.30. The zero-order chi connectivity index (χ0) is 13.0. The van der Waals surface area contributed by atoms with Gasteiger partial charge in [-0.2, -0.15) is 0 Å². The Morgan fingerprint density at radius 2 is 2.00 bits per heavy atom. The number of ether oxygens (including phenoxy) is 2. The van der Waals surface area contributed by atoms with Crippen LogP contribution in [0.25, 0.3) is 0 Å². The van der Waals surface area contributed by atoms with Crippen LogP contribution >= 0.6 is 12.4 Å². The van der Waals surface area contributed by atoms with Gasteiger partial charge in [0.1, 0.15) is 0 Å². The number of hydrogen-bond donors (Lipinski definition) is 2. The Morgan fingerprint density at radius 1 is 1.39 bits per heavy atom. The maximum atomic E-state index is 10.9. The van der Waals surface area contributed by atoms with E-state index in [-0.39, 0.29) is 12.4 Å². The first-order valence-corrected chi connectivity index (χ1v) is 5.25. The van der Waals surface area contributed by atoms with Gasteiger partial charge in [0.05, 0.1) is 19.3 Å². The minimum absolute atomic E-state index is 0. The monoisotopic (exact) mass is 275 g/mol. The molecule has 3 N–H and O–H groups in total. The third kappa shape index (κ3) is 4.18. The molecule has 0 unspecified atom stereocenters. The van der Waals surface area contributed by atoms with Gasteiger partial charge in [0.15, 0.2) is 11.5 Å². The van der Waals surface area contributed by atoms with Crippen LogP contribution in [0.5, 0.6) is 11.5 Å². The molecule has 0 saturated heterocycles. The molecule has 5 nitrogen and oxygen atoms in total. The maximum absolute atomic E-state index is 10.9. The van der Waals surface area contributed by atoms with Crippen LogP contribution in [0.15, 0.2) is 18.2 Å². The second-order valence-corrected chi connectivity index (χ2v) is 3.77. The lowest BCUT2D eigenvalue weighted by atomic mass is 10.0. The van der Waals surface area contributed by atoms with Gasteiger partial charge in [-0.1, -0.05) is 6.07 Å². The fourth-order valence-corrected chi connectivity index (χ4v) is 1.41. The van der Waals surface area contributed by atoms with Crippen molar-refractivity contribution in [3.8, 4) is 11.5 Å². The molecule has 0 fully saturated rings. The summed E-state index contributed by atoms with van der Waals surface area (Å²) in [6.07, 6.45) is -0.667. The molecule has 1 rings (SSSR count). The van der Waals surface area contributed by atoms with Crippen LogP contribution in [0.4, 0.5) is 0 Å². The summed E-state index contributed by atoms with van der Waals surface area (Å²) in [6, 6.07) is 4.43. The van der Waals surface area contributed by atoms with Crippen LogP contribution in [-0.4, -0.2) is 24.3 Å². The van der Waals surface area contributed by atoms with Crippen LogP contribution in [0, 0.1) is 0 Å². The largest absolute Gasteiger partial charge is 0.493 e. The van der Waals surface area contributed by atoms with E-state index in [4.69, 9.17) is 15.2 Å². The highest BCUT2D eigenvalue weighted by molar-refractivity contribution is 5.85. The normalized spacial score (nSPS) is 13.2. The molecule has 102 valence electrons. The Hall–Kier alpha value is -1.30. The van der Waals surface area contributed by atoms with Crippen LogP contribution in [0.3, 0.4) is 0 Å². The van der Waals surface area contributed by atoms with Gasteiger partial charge in [-0.25, -0.2) is 0 Å². The Labute approximate surface area is 112 Å². The van der Waals surface area contributed by atoms with E-state index in [1.54, 1.807) is 25.1 Å². The standard InChI is InChI=1S/C12H17NO4.ClH/c1-7(14)12(13)9-4-5-10(17-8(2)15)11(6-9)16-3;/h4-7,12,14H,13H2,1-3H3;1H/t7-,12-;/m0./s1. The molecule has 18 heavy (non-hydrogen) atoms. The topological polar surface area (TPSA) is 81.8 Å². The van der Waals surface area contributed by atoms with E-state index in [2.05, 4.69) is 0 Å². The molecule has 0 heterocycles. The van der Waals surface area contributed by atoms with E-state index < -0.39 is 18.1 Å². The van der Waals surface area contributed by atoms with Crippen LogP contribution in [-0.2, 0) is 4.79 Å². The molecule has 0 aliphatic heterocycles. The van der Waals surface area contributed by atoms with Gasteiger partial charge in [0.2, 0.25) is 0 Å². The van der Waals surface area contributed by atoms with E-state index in [1.807, 2.05) is 0 Å². The summed E-state index contributed by atoms with van der Waals surface area (Å²) < 4.78 is 10.1. The number of nitrogens with two attached hydrogens (primary N) is 1. The summed E-state index contributed by atoms with van der Waals surface area (Å²) >= 11 is 0. The maximum Gasteiger partial charge on any atom is 0.308 e. The second kappa shape index (κ2) is 7.20. The zero-order valence-electron chi connectivity index (χ0n) is 10.5. The number of esters is 1. The Kier molecular flexibility index (Phi) is 6.68. The van der Waals surface area contributed by atoms with Gasteiger partial charge in [0, 0.05) is 6.92 Å². The molecule has 1 aromatic rings. The van der Waals surface area contributed by atoms with Gasteiger partial charge in [-0.05, 0) is 24.6 Å². The van der Waals surface area contributed by atoms with Gasteiger partial charge in [-0.3, -0.25) is 4.79 Å². The number of aliphatic hydroxyl groups excluding tert-OH is 1. The molecule has 1 aromatic carbocycles. The lowest BCUT2D eigenvalue weighted by molar-refractivity contribution is -0.132. The highest BCUT2D eigenvalue weighted by atomic mass is 35.5. The summed E-state index contributed by atoms with van der Waals surface area (Å²) in [4.78, 5) is 10.9. The summed E-state index contributed by atoms with van der Waals surface area (Å²) in [6.45, 7) is 2.92. The molecule has 6 heteroatoms. The summed E-state index contributed by atoms with van der Waals surface area (Å²) in [5.41, 5.74) is 6.51. The average Bonchev–Trinajstić information content (AvgIpc) is 2.27. The predicted octanol–water partition coefficient (Wildman–Crippen LogP) is 1.42. The summed E-state index contributed by atoms with van der Waals surface area (Å²) in [5, 5.41) is 9.40. The molecule has 0 radical (unpaired) electrons. The molecular formula is C12H18ClNO4. The molecule has 0 aliphatic carbocycles.